The zero-order chi connectivity index (χ0) is 12.2. The van der Waals surface area contributed by atoms with Crippen molar-refractivity contribution in [2.75, 3.05) is 18.1 Å². The molecule has 94 valence electrons. The second-order valence-electron chi connectivity index (χ2n) is 4.18. The van der Waals surface area contributed by atoms with Gasteiger partial charge in [-0.3, -0.25) is 4.79 Å². The summed E-state index contributed by atoms with van der Waals surface area (Å²) in [5.74, 6) is 0.181. The van der Waals surface area contributed by atoms with Gasteiger partial charge < -0.3 is 10.1 Å². The average Bonchev–Trinajstić information content (AvgIpc) is 2.45. The molecule has 0 spiro atoms. The first-order chi connectivity index (χ1) is 7.43. The summed E-state index contributed by atoms with van der Waals surface area (Å²) in [6, 6.07) is -0.0632. The van der Waals surface area contributed by atoms with Crippen LogP contribution in [-0.4, -0.2) is 44.6 Å². The number of rotatable bonds is 5. The monoisotopic (exact) mass is 249 g/mol. The van der Waals surface area contributed by atoms with E-state index in [0.717, 1.165) is 0 Å². The summed E-state index contributed by atoms with van der Waals surface area (Å²) in [5.41, 5.74) is 0. The van der Waals surface area contributed by atoms with Crippen molar-refractivity contribution in [2.24, 2.45) is 0 Å². The van der Waals surface area contributed by atoms with Gasteiger partial charge in [-0.1, -0.05) is 0 Å². The lowest BCUT2D eigenvalue weighted by atomic mass is 10.2. The van der Waals surface area contributed by atoms with E-state index in [9.17, 15) is 13.2 Å². The fourth-order valence-electron chi connectivity index (χ4n) is 1.86. The van der Waals surface area contributed by atoms with Gasteiger partial charge in [0, 0.05) is 12.1 Å². The number of esters is 1. The molecule has 1 rings (SSSR count). The molecule has 0 bridgehead atoms. The van der Waals surface area contributed by atoms with Gasteiger partial charge in [0.15, 0.2) is 9.84 Å². The molecule has 16 heavy (non-hydrogen) atoms. The maximum absolute atomic E-state index is 11.2. The lowest BCUT2D eigenvalue weighted by molar-refractivity contribution is -0.143. The van der Waals surface area contributed by atoms with Crippen molar-refractivity contribution < 1.29 is 17.9 Å². The van der Waals surface area contributed by atoms with Gasteiger partial charge in [-0.15, -0.1) is 0 Å². The molecule has 1 fully saturated rings. The number of hydrogen-bond acceptors (Lipinski definition) is 5. The van der Waals surface area contributed by atoms with E-state index < -0.39 is 9.84 Å². The molecule has 1 N–H and O–H groups in total. The molecule has 0 aromatic carbocycles. The normalized spacial score (nSPS) is 25.2. The van der Waals surface area contributed by atoms with Gasteiger partial charge >= 0.3 is 5.97 Å². The van der Waals surface area contributed by atoms with Crippen LogP contribution >= 0.6 is 0 Å². The van der Waals surface area contributed by atoms with Crippen molar-refractivity contribution in [2.45, 2.75) is 38.8 Å². The highest BCUT2D eigenvalue weighted by atomic mass is 32.2. The fraction of sp³-hybridized carbons (Fsp3) is 0.900. The van der Waals surface area contributed by atoms with Crippen LogP contribution in [0, 0.1) is 0 Å². The first kappa shape index (κ1) is 13.4. The van der Waals surface area contributed by atoms with Crippen LogP contribution in [0.1, 0.15) is 26.7 Å². The summed E-state index contributed by atoms with van der Waals surface area (Å²) in [6.07, 6.45) is 0.917. The zero-order valence-electron chi connectivity index (χ0n) is 9.73. The van der Waals surface area contributed by atoms with E-state index in [0.29, 0.717) is 13.0 Å². The second kappa shape index (κ2) is 5.63. The van der Waals surface area contributed by atoms with Gasteiger partial charge in [-0.05, 0) is 20.3 Å². The molecule has 0 aliphatic carbocycles. The average molecular weight is 249 g/mol. The zero-order valence-corrected chi connectivity index (χ0v) is 10.5. The van der Waals surface area contributed by atoms with Crippen molar-refractivity contribution in [1.82, 2.24) is 5.32 Å². The maximum Gasteiger partial charge on any atom is 0.307 e. The Labute approximate surface area is 96.5 Å². The first-order valence-electron chi connectivity index (χ1n) is 5.55. The quantitative estimate of drug-likeness (QED) is 0.700. The minimum Gasteiger partial charge on any atom is -0.466 e. The van der Waals surface area contributed by atoms with Crippen LogP contribution in [0.3, 0.4) is 0 Å². The molecule has 6 heteroatoms. The topological polar surface area (TPSA) is 72.5 Å². The lowest BCUT2D eigenvalue weighted by Crippen LogP contribution is -2.38. The highest BCUT2D eigenvalue weighted by Gasteiger charge is 2.28. The van der Waals surface area contributed by atoms with Crippen LogP contribution in [0.2, 0.25) is 0 Å². The van der Waals surface area contributed by atoms with Crippen molar-refractivity contribution >= 4 is 15.8 Å². The molecule has 2 atom stereocenters. The van der Waals surface area contributed by atoms with E-state index >= 15 is 0 Å². The molecule has 0 aromatic heterocycles. The Kier molecular flexibility index (Phi) is 4.73. The van der Waals surface area contributed by atoms with Crippen molar-refractivity contribution in [3.8, 4) is 0 Å². The van der Waals surface area contributed by atoms with E-state index in [2.05, 4.69) is 5.32 Å². The molecule has 0 radical (unpaired) electrons. The minimum absolute atomic E-state index is 0.0190. The van der Waals surface area contributed by atoms with Crippen LogP contribution < -0.4 is 5.32 Å². The molecule has 2 unspecified atom stereocenters. The number of carbonyl (C=O) groups is 1. The van der Waals surface area contributed by atoms with Crippen LogP contribution in [0.4, 0.5) is 0 Å². The Hall–Kier alpha value is -0.620. The van der Waals surface area contributed by atoms with Gasteiger partial charge in [0.05, 0.1) is 24.5 Å². The highest BCUT2D eigenvalue weighted by molar-refractivity contribution is 7.91. The van der Waals surface area contributed by atoms with Crippen LogP contribution in [0.15, 0.2) is 0 Å². The first-order valence-corrected chi connectivity index (χ1v) is 7.37. The second-order valence-corrected chi connectivity index (χ2v) is 6.41. The SMILES string of the molecule is CCOC(=O)CC(C)NC1CCS(=O)(=O)C1. The van der Waals surface area contributed by atoms with Crippen LogP contribution in [-0.2, 0) is 19.4 Å². The van der Waals surface area contributed by atoms with E-state index in [1.54, 1.807) is 6.92 Å². The minimum atomic E-state index is -2.86. The molecule has 5 nitrogen and oxygen atoms in total. The third-order valence-electron chi connectivity index (χ3n) is 2.53. The molecule has 1 heterocycles. The van der Waals surface area contributed by atoms with Gasteiger partial charge in [0.1, 0.15) is 0 Å². The van der Waals surface area contributed by atoms with Gasteiger partial charge in [-0.2, -0.15) is 0 Å². The van der Waals surface area contributed by atoms with Crippen LogP contribution in [0.5, 0.6) is 0 Å². The summed E-state index contributed by atoms with van der Waals surface area (Å²) in [5, 5.41) is 3.14. The Bertz CT molecular complexity index is 339. The predicted octanol–water partition coefficient (Wildman–Crippen LogP) is 0.105. The fourth-order valence-corrected chi connectivity index (χ4v) is 3.54. The molecule has 0 amide bonds. The van der Waals surface area contributed by atoms with Gasteiger partial charge in [-0.25, -0.2) is 8.42 Å². The smallest absolute Gasteiger partial charge is 0.307 e. The third kappa shape index (κ3) is 4.49. The summed E-state index contributed by atoms with van der Waals surface area (Å²) in [6.45, 7) is 4.00. The summed E-state index contributed by atoms with van der Waals surface area (Å²) in [7, 11) is -2.86. The van der Waals surface area contributed by atoms with Crippen molar-refractivity contribution in [3.05, 3.63) is 0 Å². The Morgan fingerprint density at radius 1 is 1.56 bits per heavy atom. The maximum atomic E-state index is 11.2. The van der Waals surface area contributed by atoms with Crippen molar-refractivity contribution in [1.29, 1.82) is 0 Å². The number of carbonyl (C=O) groups excluding carboxylic acids is 1. The summed E-state index contributed by atoms with van der Waals surface area (Å²) >= 11 is 0. The number of nitrogens with one attached hydrogen (secondary N) is 1. The number of ether oxygens (including phenoxy) is 1. The Balaban J connectivity index is 2.30. The van der Waals surface area contributed by atoms with Crippen LogP contribution in [0.25, 0.3) is 0 Å². The highest BCUT2D eigenvalue weighted by Crippen LogP contribution is 2.12. The van der Waals surface area contributed by atoms with E-state index in [1.807, 2.05) is 6.92 Å². The van der Waals surface area contributed by atoms with E-state index in [-0.39, 0.29) is 36.0 Å². The molecule has 1 aliphatic heterocycles. The van der Waals surface area contributed by atoms with Gasteiger partial charge in [0.2, 0.25) is 0 Å². The predicted molar refractivity (Wildman–Crippen MR) is 60.9 cm³/mol. The molecule has 0 aromatic rings. The summed E-state index contributed by atoms with van der Waals surface area (Å²) < 4.78 is 27.3. The largest absolute Gasteiger partial charge is 0.466 e. The standard InChI is InChI=1S/C10H19NO4S/c1-3-15-10(12)6-8(2)11-9-4-5-16(13,14)7-9/h8-9,11H,3-7H2,1-2H3. The summed E-state index contributed by atoms with van der Waals surface area (Å²) in [4.78, 5) is 11.2. The Morgan fingerprint density at radius 2 is 2.25 bits per heavy atom. The molecule has 1 saturated heterocycles. The van der Waals surface area contributed by atoms with Gasteiger partial charge in [0.25, 0.3) is 0 Å². The Morgan fingerprint density at radius 3 is 2.75 bits per heavy atom. The molecule has 0 saturated carbocycles. The molecular weight excluding hydrogens is 230 g/mol. The molecule has 1 aliphatic rings. The van der Waals surface area contributed by atoms with Crippen molar-refractivity contribution in [3.63, 3.8) is 0 Å². The molecular formula is C10H19NO4S. The number of sulfone groups is 1. The third-order valence-corrected chi connectivity index (χ3v) is 4.30. The number of hydrogen-bond donors (Lipinski definition) is 1. The van der Waals surface area contributed by atoms with E-state index in [4.69, 9.17) is 4.74 Å². The van der Waals surface area contributed by atoms with E-state index in [1.165, 1.54) is 0 Å². The lowest BCUT2D eigenvalue weighted by Gasteiger charge is -2.17.